The highest BCUT2D eigenvalue weighted by atomic mass is 35.5. The summed E-state index contributed by atoms with van der Waals surface area (Å²) >= 11 is 13.2. The predicted molar refractivity (Wildman–Crippen MR) is 68.7 cm³/mol. The van der Waals surface area contributed by atoms with Crippen molar-refractivity contribution in [3.05, 3.63) is 45.5 Å². The highest BCUT2D eigenvalue weighted by molar-refractivity contribution is 7.86. The van der Waals surface area contributed by atoms with Crippen LogP contribution in [0.4, 0.5) is 0 Å². The van der Waals surface area contributed by atoms with Crippen LogP contribution >= 0.6 is 34.5 Å². The number of hydrogen-bond donors (Lipinski definition) is 0. The molecule has 2 rings (SSSR count). The lowest BCUT2D eigenvalue weighted by Crippen LogP contribution is -1.97. The van der Waals surface area contributed by atoms with Gasteiger partial charge in [-0.15, -0.1) is 11.3 Å². The minimum atomic E-state index is -1.09. The van der Waals surface area contributed by atoms with Crippen LogP contribution in [0, 0.1) is 0 Å². The second-order valence-electron chi connectivity index (χ2n) is 3.00. The lowest BCUT2D eigenvalue weighted by Gasteiger charge is -2.02. The third-order valence-electron chi connectivity index (χ3n) is 1.87. The van der Waals surface area contributed by atoms with Crippen LogP contribution in [0.3, 0.4) is 0 Å². The molecule has 0 spiro atoms. The molecular weight excluding hydrogens is 285 g/mol. The average molecular weight is 292 g/mol. The number of rotatable bonds is 3. The molecule has 84 valence electrons. The van der Waals surface area contributed by atoms with Gasteiger partial charge in [0.05, 0.1) is 36.5 Å². The van der Waals surface area contributed by atoms with Crippen LogP contribution < -0.4 is 0 Å². The van der Waals surface area contributed by atoms with Crippen molar-refractivity contribution < 1.29 is 4.21 Å². The zero-order valence-electron chi connectivity index (χ0n) is 8.02. The van der Waals surface area contributed by atoms with Gasteiger partial charge >= 0.3 is 0 Å². The van der Waals surface area contributed by atoms with E-state index in [1.54, 1.807) is 6.07 Å². The van der Waals surface area contributed by atoms with E-state index in [-0.39, 0.29) is 0 Å². The Morgan fingerprint density at radius 3 is 2.88 bits per heavy atom. The Morgan fingerprint density at radius 2 is 2.25 bits per heavy atom. The number of nitrogens with zero attached hydrogens (tertiary/aromatic N) is 1. The van der Waals surface area contributed by atoms with E-state index in [2.05, 4.69) is 4.98 Å². The van der Waals surface area contributed by atoms with Crippen molar-refractivity contribution >= 4 is 45.3 Å². The Bertz CT molecular complexity index is 514. The summed E-state index contributed by atoms with van der Waals surface area (Å²) in [6, 6.07) is 5.32. The van der Waals surface area contributed by atoms with Crippen LogP contribution in [0.2, 0.25) is 10.0 Å². The minimum Gasteiger partial charge on any atom is -0.257 e. The summed E-state index contributed by atoms with van der Waals surface area (Å²) < 4.78 is 12.7. The number of hydrogen-bond acceptors (Lipinski definition) is 3. The molecular formula is C10H7Cl2NOS2. The van der Waals surface area contributed by atoms with Gasteiger partial charge in [-0.05, 0) is 17.5 Å². The molecule has 6 heteroatoms. The lowest BCUT2D eigenvalue weighted by molar-refractivity contribution is 0.683. The van der Waals surface area contributed by atoms with Crippen molar-refractivity contribution in [3.63, 3.8) is 0 Å². The molecule has 2 nitrogen and oxygen atoms in total. The van der Waals surface area contributed by atoms with Crippen LogP contribution in [-0.4, -0.2) is 9.19 Å². The number of aromatic nitrogens is 1. The Morgan fingerprint density at radius 1 is 1.44 bits per heavy atom. The molecule has 2 aromatic heterocycles. The van der Waals surface area contributed by atoms with Gasteiger partial charge in [-0.1, -0.05) is 29.3 Å². The van der Waals surface area contributed by atoms with Crippen molar-refractivity contribution in [1.82, 2.24) is 4.98 Å². The quantitative estimate of drug-likeness (QED) is 0.862. The monoisotopic (exact) mass is 291 g/mol. The maximum Gasteiger partial charge on any atom is 0.0914 e. The molecule has 0 fully saturated rings. The number of pyridine rings is 1. The van der Waals surface area contributed by atoms with E-state index in [0.29, 0.717) is 21.5 Å². The van der Waals surface area contributed by atoms with Gasteiger partial charge in [0, 0.05) is 6.20 Å². The maximum absolute atomic E-state index is 11.9. The molecule has 0 aliphatic rings. The second kappa shape index (κ2) is 5.27. The van der Waals surface area contributed by atoms with E-state index < -0.39 is 10.8 Å². The second-order valence-corrected chi connectivity index (χ2v) is 6.47. The standard InChI is InChI=1S/C10H7Cl2NOS2/c11-7-4-8(12)9(13-5-7)6-16(14)10-2-1-3-15-10/h1-5H,6H2/t16-/m0/s1. The molecule has 0 saturated carbocycles. The smallest absolute Gasteiger partial charge is 0.0914 e. The van der Waals surface area contributed by atoms with Crippen molar-refractivity contribution in [2.45, 2.75) is 9.96 Å². The summed E-state index contributed by atoms with van der Waals surface area (Å²) in [5.41, 5.74) is 0.609. The summed E-state index contributed by atoms with van der Waals surface area (Å²) in [5.74, 6) is 0.316. The molecule has 0 aliphatic heterocycles. The van der Waals surface area contributed by atoms with E-state index in [4.69, 9.17) is 23.2 Å². The summed E-state index contributed by atoms with van der Waals surface area (Å²) in [7, 11) is -1.09. The fourth-order valence-electron chi connectivity index (χ4n) is 1.14. The first-order valence-corrected chi connectivity index (χ1v) is 7.34. The molecule has 2 aromatic rings. The summed E-state index contributed by atoms with van der Waals surface area (Å²) in [6.07, 6.45) is 1.51. The molecule has 0 bridgehead atoms. The average Bonchev–Trinajstić information content (AvgIpc) is 2.75. The van der Waals surface area contributed by atoms with Gasteiger partial charge in [0.25, 0.3) is 0 Å². The molecule has 0 aliphatic carbocycles. The number of halogens is 2. The molecule has 16 heavy (non-hydrogen) atoms. The first kappa shape index (κ1) is 12.0. The molecule has 0 aromatic carbocycles. The minimum absolute atomic E-state index is 0.316. The van der Waals surface area contributed by atoms with Crippen molar-refractivity contribution in [2.24, 2.45) is 0 Å². The third-order valence-corrected chi connectivity index (χ3v) is 5.03. The van der Waals surface area contributed by atoms with Gasteiger partial charge < -0.3 is 0 Å². The topological polar surface area (TPSA) is 30.0 Å². The zero-order chi connectivity index (χ0) is 11.5. The summed E-state index contributed by atoms with van der Waals surface area (Å²) in [6.45, 7) is 0. The van der Waals surface area contributed by atoms with Crippen LogP contribution in [-0.2, 0) is 16.6 Å². The van der Waals surface area contributed by atoms with E-state index in [1.165, 1.54) is 17.5 Å². The lowest BCUT2D eigenvalue weighted by atomic mass is 10.4. The number of thiophene rings is 1. The Labute approximate surface area is 110 Å². The van der Waals surface area contributed by atoms with E-state index in [0.717, 1.165) is 4.21 Å². The van der Waals surface area contributed by atoms with Gasteiger partial charge in [-0.3, -0.25) is 9.19 Å². The summed E-state index contributed by atoms with van der Waals surface area (Å²) in [4.78, 5) is 4.08. The highest BCUT2D eigenvalue weighted by Gasteiger charge is 2.10. The van der Waals surface area contributed by atoms with Crippen molar-refractivity contribution in [2.75, 3.05) is 0 Å². The molecule has 0 amide bonds. The zero-order valence-corrected chi connectivity index (χ0v) is 11.2. The summed E-state index contributed by atoms with van der Waals surface area (Å²) in [5, 5.41) is 2.83. The Hall–Kier alpha value is -0.420. The van der Waals surface area contributed by atoms with Crippen LogP contribution in [0.25, 0.3) is 0 Å². The fraction of sp³-hybridized carbons (Fsp3) is 0.100. The predicted octanol–water partition coefficient (Wildman–Crippen LogP) is 3.76. The molecule has 0 N–H and O–H groups in total. The van der Waals surface area contributed by atoms with Crippen molar-refractivity contribution in [3.8, 4) is 0 Å². The normalized spacial score (nSPS) is 12.6. The van der Waals surface area contributed by atoms with Gasteiger partial charge in [0.1, 0.15) is 0 Å². The van der Waals surface area contributed by atoms with Crippen LogP contribution in [0.15, 0.2) is 34.0 Å². The van der Waals surface area contributed by atoms with Gasteiger partial charge in [0.15, 0.2) is 0 Å². The molecule has 2 heterocycles. The van der Waals surface area contributed by atoms with Crippen molar-refractivity contribution in [1.29, 1.82) is 0 Å². The maximum atomic E-state index is 11.9. The first-order chi connectivity index (χ1) is 7.66. The van der Waals surface area contributed by atoms with E-state index in [1.807, 2.05) is 17.5 Å². The van der Waals surface area contributed by atoms with E-state index >= 15 is 0 Å². The Balaban J connectivity index is 2.18. The molecule has 1 atom stereocenters. The van der Waals surface area contributed by atoms with Gasteiger partial charge in [0.2, 0.25) is 0 Å². The highest BCUT2D eigenvalue weighted by Crippen LogP contribution is 2.22. The van der Waals surface area contributed by atoms with E-state index in [9.17, 15) is 4.21 Å². The first-order valence-electron chi connectivity index (χ1n) is 4.38. The van der Waals surface area contributed by atoms with Crippen LogP contribution in [0.1, 0.15) is 5.69 Å². The molecule has 0 radical (unpaired) electrons. The molecule has 0 saturated heterocycles. The Kier molecular flexibility index (Phi) is 3.97. The SMILES string of the molecule is O=[S@@](Cc1ncc(Cl)cc1Cl)c1cccs1. The molecule has 0 unspecified atom stereocenters. The largest absolute Gasteiger partial charge is 0.257 e. The van der Waals surface area contributed by atoms with Crippen LogP contribution in [0.5, 0.6) is 0 Å². The fourth-order valence-corrected chi connectivity index (χ4v) is 3.74. The van der Waals surface area contributed by atoms with Gasteiger partial charge in [-0.2, -0.15) is 0 Å². The third kappa shape index (κ3) is 2.83. The van der Waals surface area contributed by atoms with Gasteiger partial charge in [-0.25, -0.2) is 0 Å².